The maximum absolute atomic E-state index is 12.0. The fraction of sp³-hybridized carbons (Fsp3) is 0.214. The Morgan fingerprint density at radius 1 is 1.21 bits per heavy atom. The summed E-state index contributed by atoms with van der Waals surface area (Å²) in [5.74, 6) is 0.697. The van der Waals surface area contributed by atoms with Crippen molar-refractivity contribution in [3.05, 3.63) is 60.2 Å². The third kappa shape index (κ3) is 2.61. The van der Waals surface area contributed by atoms with Crippen molar-refractivity contribution in [1.82, 2.24) is 14.9 Å². The molecular weight excluding hydrogens is 258 g/mol. The van der Waals surface area contributed by atoms with Gasteiger partial charge in [0, 0.05) is 36.9 Å². The maximum Gasteiger partial charge on any atom is 0.234 e. The predicted octanol–water partition coefficient (Wildman–Crippen LogP) is 2.25. The Balaban J connectivity index is 1.83. The van der Waals surface area contributed by atoms with Gasteiger partial charge in [-0.2, -0.15) is 0 Å². The first-order valence-electron chi connectivity index (χ1n) is 6.04. The number of amides is 1. The summed E-state index contributed by atoms with van der Waals surface area (Å²) < 4.78 is 0. The van der Waals surface area contributed by atoms with Gasteiger partial charge >= 0.3 is 0 Å². The fourth-order valence-corrected chi connectivity index (χ4v) is 3.28. The Hall–Kier alpha value is -1.88. The molecule has 4 nitrogen and oxygen atoms in total. The molecule has 0 bridgehead atoms. The lowest BCUT2D eigenvalue weighted by molar-refractivity contribution is -0.128. The zero-order valence-electron chi connectivity index (χ0n) is 10.3. The lowest BCUT2D eigenvalue weighted by Gasteiger charge is -2.23. The Kier molecular flexibility index (Phi) is 3.46. The molecule has 0 saturated carbocycles. The van der Waals surface area contributed by atoms with Crippen LogP contribution in [0.3, 0.4) is 0 Å². The number of carbonyl (C=O) groups is 1. The molecule has 1 fully saturated rings. The first-order chi connectivity index (χ1) is 9.34. The van der Waals surface area contributed by atoms with Crippen LogP contribution in [0.15, 0.2) is 49.1 Å². The average Bonchev–Trinajstić information content (AvgIpc) is 2.82. The van der Waals surface area contributed by atoms with Gasteiger partial charge in [-0.3, -0.25) is 14.8 Å². The highest BCUT2D eigenvalue weighted by Crippen LogP contribution is 2.38. The summed E-state index contributed by atoms with van der Waals surface area (Å²) in [5, 5.41) is 0.0569. The molecule has 19 heavy (non-hydrogen) atoms. The molecule has 3 rings (SSSR count). The first-order valence-corrected chi connectivity index (χ1v) is 7.09. The van der Waals surface area contributed by atoms with Gasteiger partial charge in [-0.05, 0) is 17.7 Å². The van der Waals surface area contributed by atoms with Gasteiger partial charge in [-0.15, -0.1) is 11.8 Å². The van der Waals surface area contributed by atoms with Crippen molar-refractivity contribution in [2.24, 2.45) is 0 Å². The van der Waals surface area contributed by atoms with E-state index in [1.54, 1.807) is 30.4 Å². The third-order valence-corrected chi connectivity index (χ3v) is 4.27. The second-order valence-electron chi connectivity index (χ2n) is 4.33. The van der Waals surface area contributed by atoms with Crippen molar-refractivity contribution in [2.45, 2.75) is 11.9 Å². The summed E-state index contributed by atoms with van der Waals surface area (Å²) in [6.45, 7) is 0.596. The molecule has 0 N–H and O–H groups in total. The fourth-order valence-electron chi connectivity index (χ4n) is 2.11. The molecule has 1 atom stereocenters. The Morgan fingerprint density at radius 2 is 2.00 bits per heavy atom. The lowest BCUT2D eigenvalue weighted by atomic mass is 10.2. The smallest absolute Gasteiger partial charge is 0.234 e. The lowest BCUT2D eigenvalue weighted by Crippen LogP contribution is -2.27. The molecule has 1 aliphatic heterocycles. The number of pyridine rings is 2. The van der Waals surface area contributed by atoms with E-state index in [0.717, 1.165) is 11.1 Å². The minimum Gasteiger partial charge on any atom is -0.321 e. The van der Waals surface area contributed by atoms with E-state index < -0.39 is 0 Å². The molecule has 0 aromatic carbocycles. The van der Waals surface area contributed by atoms with Crippen LogP contribution in [0.25, 0.3) is 0 Å². The van der Waals surface area contributed by atoms with Crippen LogP contribution in [0.5, 0.6) is 0 Å². The van der Waals surface area contributed by atoms with Gasteiger partial charge in [0.25, 0.3) is 0 Å². The summed E-state index contributed by atoms with van der Waals surface area (Å²) >= 11 is 1.65. The number of carbonyl (C=O) groups excluding carboxylic acids is 1. The number of hydrogen-bond donors (Lipinski definition) is 0. The van der Waals surface area contributed by atoms with Crippen LogP contribution in [0.4, 0.5) is 0 Å². The predicted molar refractivity (Wildman–Crippen MR) is 74.2 cm³/mol. The molecule has 2 aromatic rings. The number of rotatable bonds is 3. The van der Waals surface area contributed by atoms with Crippen LogP contribution in [0, 0.1) is 0 Å². The zero-order valence-corrected chi connectivity index (χ0v) is 11.1. The van der Waals surface area contributed by atoms with Gasteiger partial charge in [0.2, 0.25) is 5.91 Å². The molecular formula is C14H13N3OS. The second-order valence-corrected chi connectivity index (χ2v) is 5.40. The van der Waals surface area contributed by atoms with E-state index in [4.69, 9.17) is 0 Å². The van der Waals surface area contributed by atoms with Crippen molar-refractivity contribution in [3.8, 4) is 0 Å². The van der Waals surface area contributed by atoms with Crippen LogP contribution in [0.1, 0.15) is 16.5 Å². The first kappa shape index (κ1) is 12.2. The van der Waals surface area contributed by atoms with Crippen LogP contribution in [0.2, 0.25) is 0 Å². The molecule has 1 aliphatic rings. The van der Waals surface area contributed by atoms with Crippen LogP contribution in [-0.2, 0) is 11.3 Å². The quantitative estimate of drug-likeness (QED) is 0.859. The number of aromatic nitrogens is 2. The molecule has 5 heteroatoms. The molecule has 3 heterocycles. The van der Waals surface area contributed by atoms with Crippen molar-refractivity contribution < 1.29 is 4.79 Å². The Bertz CT molecular complexity index is 561. The minimum absolute atomic E-state index is 0.0569. The van der Waals surface area contributed by atoms with Crippen molar-refractivity contribution >= 4 is 17.7 Å². The largest absolute Gasteiger partial charge is 0.321 e. The molecule has 96 valence electrons. The van der Waals surface area contributed by atoms with Gasteiger partial charge < -0.3 is 4.90 Å². The van der Waals surface area contributed by atoms with Crippen molar-refractivity contribution in [1.29, 1.82) is 0 Å². The van der Waals surface area contributed by atoms with Gasteiger partial charge in [0.1, 0.15) is 5.37 Å². The topological polar surface area (TPSA) is 46.1 Å². The number of nitrogens with zero attached hydrogens (tertiary/aromatic N) is 3. The summed E-state index contributed by atoms with van der Waals surface area (Å²) in [7, 11) is 0. The summed E-state index contributed by atoms with van der Waals surface area (Å²) in [4.78, 5) is 22.1. The third-order valence-electron chi connectivity index (χ3n) is 3.01. The van der Waals surface area contributed by atoms with Crippen LogP contribution < -0.4 is 0 Å². The normalized spacial score (nSPS) is 18.8. The van der Waals surface area contributed by atoms with Gasteiger partial charge in [0.05, 0.1) is 5.75 Å². The monoisotopic (exact) mass is 271 g/mol. The average molecular weight is 271 g/mol. The van der Waals surface area contributed by atoms with E-state index >= 15 is 0 Å². The molecule has 0 unspecified atom stereocenters. The second kappa shape index (κ2) is 5.40. The van der Waals surface area contributed by atoms with E-state index in [0.29, 0.717) is 12.3 Å². The Labute approximate surface area is 115 Å². The molecule has 0 aliphatic carbocycles. The van der Waals surface area contributed by atoms with Crippen molar-refractivity contribution in [3.63, 3.8) is 0 Å². The molecule has 1 saturated heterocycles. The highest BCUT2D eigenvalue weighted by molar-refractivity contribution is 8.00. The highest BCUT2D eigenvalue weighted by atomic mass is 32.2. The van der Waals surface area contributed by atoms with E-state index in [2.05, 4.69) is 9.97 Å². The molecule has 1 amide bonds. The maximum atomic E-state index is 12.0. The van der Waals surface area contributed by atoms with E-state index in [1.165, 1.54) is 0 Å². The number of hydrogen-bond acceptors (Lipinski definition) is 4. The van der Waals surface area contributed by atoms with Gasteiger partial charge in [0.15, 0.2) is 0 Å². The standard InChI is InChI=1S/C14H13N3OS/c18-13-10-19-14(12-4-2-6-16-8-12)17(13)9-11-3-1-5-15-7-11/h1-8,14H,9-10H2/t14-/m1/s1. The van der Waals surface area contributed by atoms with Gasteiger partial charge in [-0.1, -0.05) is 12.1 Å². The van der Waals surface area contributed by atoms with Crippen LogP contribution in [-0.4, -0.2) is 26.5 Å². The minimum atomic E-state index is 0.0569. The van der Waals surface area contributed by atoms with E-state index in [9.17, 15) is 4.79 Å². The highest BCUT2D eigenvalue weighted by Gasteiger charge is 2.32. The molecule has 0 radical (unpaired) electrons. The number of thioether (sulfide) groups is 1. The summed E-state index contributed by atoms with van der Waals surface area (Å²) in [6, 6.07) is 7.80. The summed E-state index contributed by atoms with van der Waals surface area (Å²) in [6.07, 6.45) is 7.11. The van der Waals surface area contributed by atoms with E-state index in [1.807, 2.05) is 35.4 Å². The summed E-state index contributed by atoms with van der Waals surface area (Å²) in [5.41, 5.74) is 2.12. The zero-order chi connectivity index (χ0) is 13.1. The van der Waals surface area contributed by atoms with Gasteiger partial charge in [-0.25, -0.2) is 0 Å². The van der Waals surface area contributed by atoms with Crippen molar-refractivity contribution in [2.75, 3.05) is 5.75 Å². The molecule has 2 aromatic heterocycles. The van der Waals surface area contributed by atoms with Crippen LogP contribution >= 0.6 is 11.8 Å². The Morgan fingerprint density at radius 3 is 2.68 bits per heavy atom. The SMILES string of the molecule is O=C1CS[C@H](c2cccnc2)N1Cc1cccnc1. The van der Waals surface area contributed by atoms with E-state index in [-0.39, 0.29) is 11.3 Å². The molecule has 0 spiro atoms.